The number of aromatic nitrogens is 3. The molecule has 3 heterocycles. The average Bonchev–Trinajstić information content (AvgIpc) is 3.13. The third-order valence-electron chi connectivity index (χ3n) is 4.47. The molecule has 7 heteroatoms. The normalized spacial score (nSPS) is 12.5. The number of nitrogens with zero attached hydrogens (tertiary/aromatic N) is 4. The number of pyridine rings is 1. The Morgan fingerprint density at radius 2 is 1.79 bits per heavy atom. The van der Waals surface area contributed by atoms with E-state index < -0.39 is 0 Å². The van der Waals surface area contributed by atoms with Gasteiger partial charge in [-0.05, 0) is 36.4 Å². The SMILES string of the molecule is Clc1cc(NC2=NCc3cccnc32)ccc1Nc1cnc2ccccc2n1. The standard InChI is InChI=1S/C21H15ClN6/c22-15-10-14(26-21-20-13(11-25-21)4-3-9-23-20)7-8-16(15)27-19-12-24-17-5-1-2-6-18(17)28-19/h1-10,12H,11H2,(H,25,26)(H,27,28). The summed E-state index contributed by atoms with van der Waals surface area (Å²) in [5.74, 6) is 1.40. The number of halogens is 1. The number of hydrogen-bond acceptors (Lipinski definition) is 6. The van der Waals surface area contributed by atoms with Gasteiger partial charge in [0.15, 0.2) is 5.84 Å². The van der Waals surface area contributed by atoms with Crippen LogP contribution in [0.1, 0.15) is 11.3 Å². The van der Waals surface area contributed by atoms with Crippen LogP contribution in [0.4, 0.5) is 17.2 Å². The summed E-state index contributed by atoms with van der Waals surface area (Å²) in [7, 11) is 0. The molecule has 0 saturated heterocycles. The van der Waals surface area contributed by atoms with Crippen LogP contribution in [0.15, 0.2) is 72.0 Å². The summed E-state index contributed by atoms with van der Waals surface area (Å²) >= 11 is 6.48. The quantitative estimate of drug-likeness (QED) is 0.529. The second-order valence-electron chi connectivity index (χ2n) is 6.36. The van der Waals surface area contributed by atoms with Gasteiger partial charge in [0.2, 0.25) is 0 Å². The van der Waals surface area contributed by atoms with E-state index in [-0.39, 0.29) is 0 Å². The Labute approximate surface area is 166 Å². The van der Waals surface area contributed by atoms with Crippen LogP contribution in [-0.4, -0.2) is 20.8 Å². The minimum Gasteiger partial charge on any atom is -0.339 e. The average molecular weight is 387 g/mol. The summed E-state index contributed by atoms with van der Waals surface area (Å²) in [6.07, 6.45) is 3.46. The van der Waals surface area contributed by atoms with Crippen molar-refractivity contribution in [3.05, 3.63) is 83.3 Å². The van der Waals surface area contributed by atoms with E-state index in [0.717, 1.165) is 39.5 Å². The predicted molar refractivity (Wildman–Crippen MR) is 112 cm³/mol. The Morgan fingerprint density at radius 3 is 2.68 bits per heavy atom. The van der Waals surface area contributed by atoms with Crippen molar-refractivity contribution in [3.8, 4) is 0 Å². The van der Waals surface area contributed by atoms with Crippen molar-refractivity contribution in [2.45, 2.75) is 6.54 Å². The Bertz CT molecular complexity index is 1220. The van der Waals surface area contributed by atoms with Crippen LogP contribution in [0.25, 0.3) is 11.0 Å². The molecule has 1 aliphatic heterocycles. The number of hydrogen-bond donors (Lipinski definition) is 2. The maximum absolute atomic E-state index is 6.48. The highest BCUT2D eigenvalue weighted by Gasteiger charge is 2.17. The van der Waals surface area contributed by atoms with Gasteiger partial charge >= 0.3 is 0 Å². The summed E-state index contributed by atoms with van der Waals surface area (Å²) in [4.78, 5) is 17.9. The zero-order chi connectivity index (χ0) is 18.9. The molecule has 2 aromatic carbocycles. The van der Waals surface area contributed by atoms with Crippen molar-refractivity contribution in [2.24, 2.45) is 4.99 Å². The highest BCUT2D eigenvalue weighted by Crippen LogP contribution is 2.29. The fourth-order valence-electron chi connectivity index (χ4n) is 3.10. The van der Waals surface area contributed by atoms with Gasteiger partial charge in [-0.25, -0.2) is 4.98 Å². The van der Waals surface area contributed by atoms with Gasteiger partial charge in [0, 0.05) is 17.4 Å². The van der Waals surface area contributed by atoms with Crippen LogP contribution >= 0.6 is 11.6 Å². The number of benzene rings is 2. The van der Waals surface area contributed by atoms with Gasteiger partial charge in [-0.2, -0.15) is 0 Å². The molecule has 0 amide bonds. The monoisotopic (exact) mass is 386 g/mol. The number of fused-ring (bicyclic) bond motifs is 2. The highest BCUT2D eigenvalue weighted by atomic mass is 35.5. The molecule has 1 aliphatic rings. The van der Waals surface area contributed by atoms with Crippen molar-refractivity contribution in [3.63, 3.8) is 0 Å². The first-order chi connectivity index (χ1) is 13.8. The molecule has 0 atom stereocenters. The third-order valence-corrected chi connectivity index (χ3v) is 4.78. The van der Waals surface area contributed by atoms with Crippen LogP contribution in [0.2, 0.25) is 5.02 Å². The number of para-hydroxylation sites is 2. The van der Waals surface area contributed by atoms with Crippen molar-refractivity contribution in [2.75, 3.05) is 10.6 Å². The number of anilines is 3. The van der Waals surface area contributed by atoms with E-state index in [4.69, 9.17) is 11.6 Å². The van der Waals surface area contributed by atoms with E-state index in [2.05, 4.69) is 30.6 Å². The molecule has 5 rings (SSSR count). The summed E-state index contributed by atoms with van der Waals surface area (Å²) in [5.41, 5.74) is 5.27. The third kappa shape index (κ3) is 3.14. The van der Waals surface area contributed by atoms with Gasteiger partial charge in [0.05, 0.1) is 34.5 Å². The first-order valence-corrected chi connectivity index (χ1v) is 9.18. The maximum Gasteiger partial charge on any atom is 0.152 e. The molecule has 2 aromatic heterocycles. The van der Waals surface area contributed by atoms with E-state index in [9.17, 15) is 0 Å². The smallest absolute Gasteiger partial charge is 0.152 e. The Hall–Kier alpha value is -3.51. The second-order valence-corrected chi connectivity index (χ2v) is 6.77. The van der Waals surface area contributed by atoms with Crippen molar-refractivity contribution < 1.29 is 0 Å². The van der Waals surface area contributed by atoms with Gasteiger partial charge in [-0.1, -0.05) is 29.8 Å². The lowest BCUT2D eigenvalue weighted by Gasteiger charge is -2.11. The molecule has 0 radical (unpaired) electrons. The van der Waals surface area contributed by atoms with Crippen LogP contribution in [0.3, 0.4) is 0 Å². The zero-order valence-corrected chi connectivity index (χ0v) is 15.5. The van der Waals surface area contributed by atoms with Gasteiger partial charge in [0.25, 0.3) is 0 Å². The van der Waals surface area contributed by atoms with Crippen LogP contribution in [0, 0.1) is 0 Å². The number of nitrogens with one attached hydrogen (secondary N) is 2. The summed E-state index contributed by atoms with van der Waals surface area (Å²) < 4.78 is 0. The highest BCUT2D eigenvalue weighted by molar-refractivity contribution is 6.33. The van der Waals surface area contributed by atoms with Gasteiger partial charge in [-0.15, -0.1) is 0 Å². The number of rotatable bonds is 3. The van der Waals surface area contributed by atoms with Crippen molar-refractivity contribution in [1.82, 2.24) is 15.0 Å². The Morgan fingerprint density at radius 1 is 0.893 bits per heavy atom. The minimum absolute atomic E-state index is 0.569. The summed E-state index contributed by atoms with van der Waals surface area (Å²) in [5, 5.41) is 7.09. The maximum atomic E-state index is 6.48. The summed E-state index contributed by atoms with van der Waals surface area (Å²) in [6.45, 7) is 0.638. The van der Waals surface area contributed by atoms with E-state index >= 15 is 0 Å². The van der Waals surface area contributed by atoms with Gasteiger partial charge in [-0.3, -0.25) is 15.0 Å². The molecular weight excluding hydrogens is 372 g/mol. The number of aliphatic imine (C=N–C) groups is 1. The van der Waals surface area contributed by atoms with Crippen LogP contribution < -0.4 is 10.6 Å². The molecule has 2 N–H and O–H groups in total. The molecule has 0 fully saturated rings. The topological polar surface area (TPSA) is 75.1 Å². The molecule has 0 saturated carbocycles. The van der Waals surface area contributed by atoms with E-state index in [1.165, 1.54) is 0 Å². The second kappa shape index (κ2) is 6.90. The molecule has 0 bridgehead atoms. The van der Waals surface area contributed by atoms with E-state index in [1.807, 2.05) is 54.6 Å². The van der Waals surface area contributed by atoms with Crippen LogP contribution in [-0.2, 0) is 6.54 Å². The molecule has 0 spiro atoms. The first kappa shape index (κ1) is 16.6. The number of amidine groups is 1. The van der Waals surface area contributed by atoms with Crippen molar-refractivity contribution >= 4 is 45.7 Å². The Balaban J connectivity index is 1.36. The molecule has 136 valence electrons. The molecular formula is C21H15ClN6. The molecule has 28 heavy (non-hydrogen) atoms. The van der Waals surface area contributed by atoms with Crippen LogP contribution in [0.5, 0.6) is 0 Å². The predicted octanol–water partition coefficient (Wildman–Crippen LogP) is 4.79. The fourth-order valence-corrected chi connectivity index (χ4v) is 3.33. The van der Waals surface area contributed by atoms with E-state index in [1.54, 1.807) is 12.4 Å². The lowest BCUT2D eigenvalue weighted by Crippen LogP contribution is -2.13. The minimum atomic E-state index is 0.569. The Kier molecular flexibility index (Phi) is 4.10. The molecule has 6 nitrogen and oxygen atoms in total. The molecule has 0 aliphatic carbocycles. The molecule has 4 aromatic rings. The van der Waals surface area contributed by atoms with Gasteiger partial charge in [0.1, 0.15) is 11.5 Å². The summed E-state index contributed by atoms with van der Waals surface area (Å²) in [6, 6.07) is 17.4. The lowest BCUT2D eigenvalue weighted by atomic mass is 10.2. The zero-order valence-electron chi connectivity index (χ0n) is 14.7. The molecule has 0 unspecified atom stereocenters. The lowest BCUT2D eigenvalue weighted by molar-refractivity contribution is 1.09. The van der Waals surface area contributed by atoms with Crippen molar-refractivity contribution in [1.29, 1.82) is 0 Å². The largest absolute Gasteiger partial charge is 0.339 e. The van der Waals surface area contributed by atoms with E-state index in [0.29, 0.717) is 17.4 Å². The first-order valence-electron chi connectivity index (χ1n) is 8.80. The fraction of sp³-hybridized carbons (Fsp3) is 0.0476. The van der Waals surface area contributed by atoms with Gasteiger partial charge < -0.3 is 10.6 Å².